The molecule has 0 fully saturated rings. The van der Waals surface area contributed by atoms with Crippen molar-refractivity contribution in [2.45, 2.75) is 58.3 Å². The van der Waals surface area contributed by atoms with Crippen LogP contribution in [-0.4, -0.2) is 6.29 Å². The molecule has 0 aliphatic heterocycles. The molecule has 0 atom stereocenters. The minimum atomic E-state index is 0.718. The minimum absolute atomic E-state index is 0.718. The van der Waals surface area contributed by atoms with E-state index in [-0.39, 0.29) is 0 Å². The highest BCUT2D eigenvalue weighted by molar-refractivity contribution is 5.48. The second-order valence-corrected chi connectivity index (χ2v) is 4.26. The molecule has 0 bridgehead atoms. The summed E-state index contributed by atoms with van der Waals surface area (Å²) < 4.78 is 0. The predicted molar refractivity (Wildman–Crippen MR) is 82.5 cm³/mol. The third kappa shape index (κ3) is 16.3. The molecular formula is C18H24O. The van der Waals surface area contributed by atoms with Gasteiger partial charge in [0.2, 0.25) is 0 Å². The molecule has 0 aliphatic rings. The Morgan fingerprint density at radius 3 is 2.37 bits per heavy atom. The summed E-state index contributed by atoms with van der Waals surface area (Å²) in [5.41, 5.74) is 0. The highest BCUT2D eigenvalue weighted by atomic mass is 16.1. The van der Waals surface area contributed by atoms with Crippen molar-refractivity contribution in [2.24, 2.45) is 0 Å². The Balaban J connectivity index is 3.35. The average molecular weight is 256 g/mol. The predicted octanol–water partition coefficient (Wildman–Crippen LogP) is 4.45. The minimum Gasteiger partial charge on any atom is -0.303 e. The largest absolute Gasteiger partial charge is 0.303 e. The van der Waals surface area contributed by atoms with E-state index in [0.29, 0.717) is 0 Å². The van der Waals surface area contributed by atoms with Crippen LogP contribution in [0.5, 0.6) is 0 Å². The van der Waals surface area contributed by atoms with Gasteiger partial charge in [-0.3, -0.25) is 0 Å². The number of hydrogen-bond donors (Lipinski definition) is 0. The zero-order chi connectivity index (χ0) is 14.0. The summed E-state index contributed by atoms with van der Waals surface area (Å²) in [6.07, 6.45) is 17.6. The Morgan fingerprint density at radius 1 is 0.895 bits per heavy atom. The van der Waals surface area contributed by atoms with Crippen molar-refractivity contribution >= 4 is 6.29 Å². The van der Waals surface area contributed by atoms with E-state index in [9.17, 15) is 4.79 Å². The fourth-order valence-corrected chi connectivity index (χ4v) is 1.54. The van der Waals surface area contributed by atoms with Crippen molar-refractivity contribution in [1.29, 1.82) is 0 Å². The molecule has 0 saturated heterocycles. The molecule has 0 aromatic heterocycles. The van der Waals surface area contributed by atoms with Gasteiger partial charge in [0.15, 0.2) is 0 Å². The van der Waals surface area contributed by atoms with E-state index in [0.717, 1.165) is 32.0 Å². The highest BCUT2D eigenvalue weighted by Gasteiger charge is 1.88. The lowest BCUT2D eigenvalue weighted by Crippen LogP contribution is -1.80. The van der Waals surface area contributed by atoms with Crippen LogP contribution in [-0.2, 0) is 4.79 Å². The van der Waals surface area contributed by atoms with E-state index in [4.69, 9.17) is 0 Å². The number of unbranched alkanes of at least 4 members (excludes halogenated alkanes) is 6. The summed E-state index contributed by atoms with van der Waals surface area (Å²) in [5, 5.41) is 0. The Kier molecular flexibility index (Phi) is 14.8. The van der Waals surface area contributed by atoms with Crippen LogP contribution in [0.4, 0.5) is 0 Å². The van der Waals surface area contributed by atoms with Crippen molar-refractivity contribution in [1.82, 2.24) is 0 Å². The van der Waals surface area contributed by atoms with Crippen LogP contribution in [0.2, 0.25) is 0 Å². The summed E-state index contributed by atoms with van der Waals surface area (Å²) in [7, 11) is 0. The molecule has 0 spiro atoms. The summed E-state index contributed by atoms with van der Waals surface area (Å²) in [6, 6.07) is 0. The zero-order valence-electron chi connectivity index (χ0n) is 12.0. The first-order valence-electron chi connectivity index (χ1n) is 7.10. The van der Waals surface area contributed by atoms with Crippen LogP contribution in [0.25, 0.3) is 0 Å². The van der Waals surface area contributed by atoms with E-state index in [2.05, 4.69) is 35.8 Å². The molecule has 0 aromatic carbocycles. The van der Waals surface area contributed by atoms with E-state index in [1.807, 2.05) is 13.0 Å². The lowest BCUT2D eigenvalue weighted by Gasteiger charge is -1.96. The van der Waals surface area contributed by atoms with Crippen LogP contribution in [0, 0.1) is 23.7 Å². The molecule has 0 unspecified atom stereocenters. The molecule has 0 amide bonds. The average Bonchev–Trinajstić information content (AvgIpc) is 2.43. The standard InChI is InChI=1S/C18H24O/c1-2-3-4-5-6-7-8-9-10-11-12-13-14-15-16-17-18-19/h2-3,9-10,18H,8,11-17H2,1H3. The van der Waals surface area contributed by atoms with Gasteiger partial charge in [-0.1, -0.05) is 49.3 Å². The van der Waals surface area contributed by atoms with Gasteiger partial charge in [0, 0.05) is 12.8 Å². The number of hydrogen-bond acceptors (Lipinski definition) is 1. The smallest absolute Gasteiger partial charge is 0.119 e. The van der Waals surface area contributed by atoms with Gasteiger partial charge >= 0.3 is 0 Å². The molecule has 102 valence electrons. The SMILES string of the molecule is CC=CC#CC#CCC=CCCCCCCCC=O. The van der Waals surface area contributed by atoms with Gasteiger partial charge in [-0.25, -0.2) is 0 Å². The van der Waals surface area contributed by atoms with Crippen LogP contribution >= 0.6 is 0 Å². The monoisotopic (exact) mass is 256 g/mol. The van der Waals surface area contributed by atoms with Crippen molar-refractivity contribution in [3.05, 3.63) is 24.3 Å². The molecular weight excluding hydrogens is 232 g/mol. The number of rotatable bonds is 9. The molecule has 0 saturated carbocycles. The maximum atomic E-state index is 10.1. The molecule has 0 aliphatic carbocycles. The van der Waals surface area contributed by atoms with Crippen LogP contribution in [0.15, 0.2) is 24.3 Å². The first-order valence-corrected chi connectivity index (χ1v) is 7.10. The second kappa shape index (κ2) is 16.3. The van der Waals surface area contributed by atoms with E-state index < -0.39 is 0 Å². The Labute approximate surface area is 118 Å². The summed E-state index contributed by atoms with van der Waals surface area (Å²) in [5.74, 6) is 11.4. The summed E-state index contributed by atoms with van der Waals surface area (Å²) >= 11 is 0. The third-order valence-corrected chi connectivity index (χ3v) is 2.55. The Morgan fingerprint density at radius 2 is 1.63 bits per heavy atom. The summed E-state index contributed by atoms with van der Waals surface area (Å²) in [6.45, 7) is 1.94. The van der Waals surface area contributed by atoms with Crippen LogP contribution < -0.4 is 0 Å². The van der Waals surface area contributed by atoms with E-state index in [1.54, 1.807) is 6.08 Å². The molecule has 0 heterocycles. The van der Waals surface area contributed by atoms with Gasteiger partial charge in [0.05, 0.1) is 0 Å². The number of carbonyl (C=O) groups is 1. The van der Waals surface area contributed by atoms with E-state index >= 15 is 0 Å². The van der Waals surface area contributed by atoms with Gasteiger partial charge in [-0.05, 0) is 44.1 Å². The second-order valence-electron chi connectivity index (χ2n) is 4.26. The lowest BCUT2D eigenvalue weighted by atomic mass is 10.1. The van der Waals surface area contributed by atoms with Crippen molar-refractivity contribution in [3.8, 4) is 23.7 Å². The van der Waals surface area contributed by atoms with Crippen LogP contribution in [0.3, 0.4) is 0 Å². The molecule has 0 aromatic rings. The zero-order valence-corrected chi connectivity index (χ0v) is 12.0. The first kappa shape index (κ1) is 17.3. The number of allylic oxidation sites excluding steroid dienone is 4. The fourth-order valence-electron chi connectivity index (χ4n) is 1.54. The quantitative estimate of drug-likeness (QED) is 0.258. The van der Waals surface area contributed by atoms with Gasteiger partial charge in [-0.15, -0.1) is 0 Å². The molecule has 19 heavy (non-hydrogen) atoms. The molecule has 1 heteroatoms. The maximum absolute atomic E-state index is 10.1. The van der Waals surface area contributed by atoms with Crippen molar-refractivity contribution in [3.63, 3.8) is 0 Å². The molecule has 0 radical (unpaired) electrons. The van der Waals surface area contributed by atoms with Gasteiger partial charge in [0.1, 0.15) is 6.29 Å². The number of carbonyl (C=O) groups excluding carboxylic acids is 1. The normalized spacial score (nSPS) is 9.95. The topological polar surface area (TPSA) is 17.1 Å². The highest BCUT2D eigenvalue weighted by Crippen LogP contribution is 2.06. The van der Waals surface area contributed by atoms with Crippen LogP contribution in [0.1, 0.15) is 58.3 Å². The van der Waals surface area contributed by atoms with Crippen molar-refractivity contribution < 1.29 is 4.79 Å². The Hall–Kier alpha value is -1.73. The number of aldehydes is 1. The third-order valence-electron chi connectivity index (χ3n) is 2.55. The Bertz CT molecular complexity index is 379. The van der Waals surface area contributed by atoms with Crippen molar-refractivity contribution in [2.75, 3.05) is 0 Å². The molecule has 0 rings (SSSR count). The lowest BCUT2D eigenvalue weighted by molar-refractivity contribution is -0.107. The molecule has 1 nitrogen and oxygen atoms in total. The van der Waals surface area contributed by atoms with E-state index in [1.165, 1.54) is 25.7 Å². The summed E-state index contributed by atoms with van der Waals surface area (Å²) in [4.78, 5) is 10.1. The maximum Gasteiger partial charge on any atom is 0.119 e. The first-order chi connectivity index (χ1) is 9.41. The van der Waals surface area contributed by atoms with Gasteiger partial charge < -0.3 is 4.79 Å². The van der Waals surface area contributed by atoms with Gasteiger partial charge in [0.25, 0.3) is 0 Å². The van der Waals surface area contributed by atoms with Gasteiger partial charge in [-0.2, -0.15) is 0 Å². The fraction of sp³-hybridized carbons (Fsp3) is 0.500. The molecule has 0 N–H and O–H groups in total.